The summed E-state index contributed by atoms with van der Waals surface area (Å²) in [6.45, 7) is 4.41. The molecule has 5 heteroatoms. The molecule has 0 saturated heterocycles. The summed E-state index contributed by atoms with van der Waals surface area (Å²) in [6.07, 6.45) is 6.01. The van der Waals surface area contributed by atoms with Crippen molar-refractivity contribution in [2.75, 3.05) is 7.11 Å². The lowest BCUT2D eigenvalue weighted by Crippen LogP contribution is -2.20. The van der Waals surface area contributed by atoms with Gasteiger partial charge in [0.25, 0.3) is 0 Å². The van der Waals surface area contributed by atoms with Crippen molar-refractivity contribution in [3.8, 4) is 5.75 Å². The molecule has 1 aromatic heterocycles. The molecule has 1 aliphatic rings. The van der Waals surface area contributed by atoms with E-state index in [4.69, 9.17) is 20.8 Å². The van der Waals surface area contributed by atoms with Crippen LogP contribution in [0.15, 0.2) is 40.8 Å². The molecular formula is C25H26ClNO3. The Balaban J connectivity index is 1.63. The molecule has 1 amide bonds. The fourth-order valence-electron chi connectivity index (χ4n) is 4.21. The average molecular weight is 424 g/mol. The highest BCUT2D eigenvalue weighted by molar-refractivity contribution is 6.30. The topological polar surface area (TPSA) is 51.5 Å². The molecule has 0 fully saturated rings. The minimum absolute atomic E-state index is 0.142. The first-order chi connectivity index (χ1) is 14.5. The van der Waals surface area contributed by atoms with Gasteiger partial charge >= 0.3 is 0 Å². The molecule has 4 nitrogen and oxygen atoms in total. The SMILES string of the molecule is COc1c(/C(C)=C/C(=O)NCc2ccc(Cl)cc2)cc2c3c(oc2c1C)CCCC3. The highest BCUT2D eigenvalue weighted by Gasteiger charge is 2.23. The molecule has 0 atom stereocenters. The Bertz CT molecular complexity index is 1130. The Morgan fingerprint density at radius 3 is 2.70 bits per heavy atom. The predicted octanol–water partition coefficient (Wildman–Crippen LogP) is 6.00. The van der Waals surface area contributed by atoms with Crippen molar-refractivity contribution in [1.82, 2.24) is 5.32 Å². The Kier molecular flexibility index (Phi) is 5.87. The number of methoxy groups -OCH3 is 1. The number of furan rings is 1. The summed E-state index contributed by atoms with van der Waals surface area (Å²) < 4.78 is 11.9. The molecule has 0 bridgehead atoms. The van der Waals surface area contributed by atoms with Crippen LogP contribution >= 0.6 is 11.6 Å². The first-order valence-electron chi connectivity index (χ1n) is 10.3. The second-order valence-electron chi connectivity index (χ2n) is 7.84. The fraction of sp³-hybridized carbons (Fsp3) is 0.320. The number of fused-ring (bicyclic) bond motifs is 3. The zero-order valence-electron chi connectivity index (χ0n) is 17.6. The maximum atomic E-state index is 12.5. The van der Waals surface area contributed by atoms with E-state index in [2.05, 4.69) is 11.4 Å². The van der Waals surface area contributed by atoms with Crippen LogP contribution in [0.2, 0.25) is 5.02 Å². The van der Waals surface area contributed by atoms with E-state index in [-0.39, 0.29) is 5.91 Å². The highest BCUT2D eigenvalue weighted by atomic mass is 35.5. The monoisotopic (exact) mass is 423 g/mol. The number of benzene rings is 2. The molecule has 0 aliphatic heterocycles. The van der Waals surface area contributed by atoms with Crippen molar-refractivity contribution < 1.29 is 13.9 Å². The van der Waals surface area contributed by atoms with Gasteiger partial charge in [0.2, 0.25) is 5.91 Å². The number of ether oxygens (including phenoxy) is 1. The van der Waals surface area contributed by atoms with Crippen molar-refractivity contribution in [3.63, 3.8) is 0 Å². The molecule has 1 N–H and O–H groups in total. The van der Waals surface area contributed by atoms with Crippen molar-refractivity contribution in [3.05, 3.63) is 69.4 Å². The summed E-state index contributed by atoms with van der Waals surface area (Å²) >= 11 is 5.91. The van der Waals surface area contributed by atoms with Crippen LogP contribution in [0.3, 0.4) is 0 Å². The van der Waals surface area contributed by atoms with Crippen LogP contribution < -0.4 is 10.1 Å². The van der Waals surface area contributed by atoms with Gasteiger partial charge in [-0.15, -0.1) is 0 Å². The Labute approximate surface area is 181 Å². The normalized spacial score (nSPS) is 13.9. The third-order valence-corrected chi connectivity index (χ3v) is 6.04. The quantitative estimate of drug-likeness (QED) is 0.512. The minimum atomic E-state index is -0.142. The van der Waals surface area contributed by atoms with Crippen LogP contribution in [0.4, 0.5) is 0 Å². The number of aryl methyl sites for hydroxylation is 3. The van der Waals surface area contributed by atoms with Gasteiger partial charge in [-0.1, -0.05) is 23.7 Å². The predicted molar refractivity (Wildman–Crippen MR) is 121 cm³/mol. The maximum Gasteiger partial charge on any atom is 0.244 e. The number of allylic oxidation sites excluding steroid dienone is 1. The Morgan fingerprint density at radius 2 is 1.97 bits per heavy atom. The molecule has 0 spiro atoms. The van der Waals surface area contributed by atoms with Gasteiger partial charge in [-0.25, -0.2) is 0 Å². The third kappa shape index (κ3) is 3.97. The van der Waals surface area contributed by atoms with Crippen molar-refractivity contribution in [2.24, 2.45) is 0 Å². The van der Waals surface area contributed by atoms with E-state index >= 15 is 0 Å². The number of nitrogens with one attached hydrogen (secondary N) is 1. The molecule has 0 saturated carbocycles. The van der Waals surface area contributed by atoms with Gasteiger partial charge in [-0.05, 0) is 62.4 Å². The van der Waals surface area contributed by atoms with Crippen LogP contribution in [0.1, 0.15) is 47.8 Å². The van der Waals surface area contributed by atoms with Gasteiger partial charge in [0.05, 0.1) is 7.11 Å². The molecule has 1 heterocycles. The summed E-state index contributed by atoms with van der Waals surface area (Å²) in [7, 11) is 1.66. The van der Waals surface area contributed by atoms with E-state index < -0.39 is 0 Å². The molecule has 0 unspecified atom stereocenters. The molecule has 2 aromatic carbocycles. The summed E-state index contributed by atoms with van der Waals surface area (Å²) in [5, 5.41) is 4.76. The first-order valence-corrected chi connectivity index (χ1v) is 10.7. The van der Waals surface area contributed by atoms with Gasteiger partial charge in [-0.2, -0.15) is 0 Å². The standard InChI is InChI=1S/C25H26ClNO3/c1-15(12-23(28)27-14-17-8-10-18(26)11-9-17)20-13-21-19-6-4-5-7-22(19)30-25(21)16(2)24(20)29-3/h8-13H,4-7,14H2,1-3H3,(H,27,28)/b15-12+. The Hall–Kier alpha value is -2.72. The number of carbonyl (C=O) groups is 1. The van der Waals surface area contributed by atoms with Crippen molar-refractivity contribution in [2.45, 2.75) is 46.1 Å². The zero-order chi connectivity index (χ0) is 21.3. The summed E-state index contributed by atoms with van der Waals surface area (Å²) in [5.41, 5.74) is 5.98. The molecule has 156 valence electrons. The number of carbonyl (C=O) groups excluding carboxylic acids is 1. The highest BCUT2D eigenvalue weighted by Crippen LogP contribution is 2.40. The van der Waals surface area contributed by atoms with Crippen LogP contribution in [-0.4, -0.2) is 13.0 Å². The smallest absolute Gasteiger partial charge is 0.244 e. The molecule has 1 aliphatic carbocycles. The van der Waals surface area contributed by atoms with E-state index in [9.17, 15) is 4.79 Å². The van der Waals surface area contributed by atoms with Gasteiger partial charge in [-0.3, -0.25) is 4.79 Å². The Morgan fingerprint density at radius 1 is 1.23 bits per heavy atom. The lowest BCUT2D eigenvalue weighted by Gasteiger charge is -2.13. The number of hydrogen-bond acceptors (Lipinski definition) is 3. The van der Waals surface area contributed by atoms with E-state index in [1.807, 2.05) is 38.1 Å². The second-order valence-corrected chi connectivity index (χ2v) is 8.28. The van der Waals surface area contributed by atoms with Crippen LogP contribution in [0.25, 0.3) is 16.5 Å². The summed E-state index contributed by atoms with van der Waals surface area (Å²) in [4.78, 5) is 12.5. The average Bonchev–Trinajstić information content (AvgIpc) is 3.12. The molecule has 30 heavy (non-hydrogen) atoms. The van der Waals surface area contributed by atoms with E-state index in [1.54, 1.807) is 13.2 Å². The van der Waals surface area contributed by atoms with Gasteiger partial charge in [0.1, 0.15) is 17.1 Å². The van der Waals surface area contributed by atoms with Crippen molar-refractivity contribution in [1.29, 1.82) is 0 Å². The molecule has 0 radical (unpaired) electrons. The van der Waals surface area contributed by atoms with Gasteiger partial charge in [0.15, 0.2) is 0 Å². The number of hydrogen-bond donors (Lipinski definition) is 1. The largest absolute Gasteiger partial charge is 0.496 e. The third-order valence-electron chi connectivity index (χ3n) is 5.78. The molecular weight excluding hydrogens is 398 g/mol. The second kappa shape index (κ2) is 8.57. The fourth-order valence-corrected chi connectivity index (χ4v) is 4.34. The van der Waals surface area contributed by atoms with E-state index in [1.165, 1.54) is 18.4 Å². The maximum absolute atomic E-state index is 12.5. The number of halogens is 1. The van der Waals surface area contributed by atoms with Crippen LogP contribution in [-0.2, 0) is 24.2 Å². The summed E-state index contributed by atoms with van der Waals surface area (Å²) in [5.74, 6) is 1.71. The first kappa shape index (κ1) is 20.5. The van der Waals surface area contributed by atoms with E-state index in [0.717, 1.165) is 57.6 Å². The minimum Gasteiger partial charge on any atom is -0.496 e. The molecule has 3 aromatic rings. The van der Waals surface area contributed by atoms with Crippen LogP contribution in [0, 0.1) is 6.92 Å². The number of amides is 1. The van der Waals surface area contributed by atoms with Gasteiger partial charge < -0.3 is 14.5 Å². The lowest BCUT2D eigenvalue weighted by molar-refractivity contribution is -0.116. The van der Waals surface area contributed by atoms with E-state index in [0.29, 0.717) is 11.6 Å². The zero-order valence-corrected chi connectivity index (χ0v) is 18.4. The van der Waals surface area contributed by atoms with Crippen LogP contribution in [0.5, 0.6) is 5.75 Å². The lowest BCUT2D eigenvalue weighted by atomic mass is 9.93. The van der Waals surface area contributed by atoms with Crippen molar-refractivity contribution >= 4 is 34.1 Å². The number of rotatable bonds is 5. The summed E-state index contributed by atoms with van der Waals surface area (Å²) in [6, 6.07) is 9.56. The molecule has 4 rings (SSSR count). The van der Waals surface area contributed by atoms with Gasteiger partial charge in [0, 0.05) is 46.1 Å².